The molecule has 206 valence electrons. The van der Waals surface area contributed by atoms with E-state index in [9.17, 15) is 18.0 Å². The third-order valence-electron chi connectivity index (χ3n) is 5.77. The molecule has 0 fully saturated rings. The summed E-state index contributed by atoms with van der Waals surface area (Å²) in [5.74, 6) is 0.470. The van der Waals surface area contributed by atoms with E-state index in [1.807, 2.05) is 57.3 Å². The number of urea groups is 1. The second kappa shape index (κ2) is 10.8. The number of hydrogen-bond donors (Lipinski definition) is 4. The van der Waals surface area contributed by atoms with Crippen molar-refractivity contribution in [1.29, 1.82) is 0 Å². The number of nitrogens with one attached hydrogen (secondary N) is 4. The maximum absolute atomic E-state index is 12.9. The van der Waals surface area contributed by atoms with Gasteiger partial charge in [0, 0.05) is 48.4 Å². The van der Waals surface area contributed by atoms with Gasteiger partial charge in [-0.15, -0.1) is 0 Å². The van der Waals surface area contributed by atoms with Gasteiger partial charge in [-0.05, 0) is 42.0 Å². The minimum atomic E-state index is -3.94. The second-order valence-electron chi connectivity index (χ2n) is 10.1. The maximum atomic E-state index is 12.9. The summed E-state index contributed by atoms with van der Waals surface area (Å²) in [4.78, 5) is 27.8. The van der Waals surface area contributed by atoms with Gasteiger partial charge in [-0.1, -0.05) is 32.9 Å². The van der Waals surface area contributed by atoms with Gasteiger partial charge in [0.05, 0.1) is 11.4 Å². The number of amides is 3. The zero-order valence-corrected chi connectivity index (χ0v) is 23.1. The van der Waals surface area contributed by atoms with Crippen molar-refractivity contribution in [2.45, 2.75) is 32.8 Å². The summed E-state index contributed by atoms with van der Waals surface area (Å²) in [7, 11) is -1.35. The average Bonchev–Trinajstić information content (AvgIpc) is 3.49. The lowest BCUT2D eigenvalue weighted by Gasteiger charge is -2.14. The Morgan fingerprint density at radius 2 is 1.74 bits per heavy atom. The molecular formula is C26H31N7O5S. The molecule has 0 aliphatic heterocycles. The lowest BCUT2D eigenvalue weighted by atomic mass is 9.92. The Bertz CT molecular complexity index is 1600. The van der Waals surface area contributed by atoms with Crippen LogP contribution in [-0.2, 0) is 27.0 Å². The van der Waals surface area contributed by atoms with Gasteiger partial charge in [0.1, 0.15) is 12.4 Å². The van der Waals surface area contributed by atoms with Crippen LogP contribution in [0.15, 0.2) is 60.8 Å². The normalized spacial score (nSPS) is 11.9. The van der Waals surface area contributed by atoms with Gasteiger partial charge >= 0.3 is 22.3 Å². The summed E-state index contributed by atoms with van der Waals surface area (Å²) >= 11 is 0. The molecule has 0 unspecified atom stereocenters. The van der Waals surface area contributed by atoms with Crippen molar-refractivity contribution in [2.24, 2.45) is 0 Å². The van der Waals surface area contributed by atoms with Crippen molar-refractivity contribution >= 4 is 44.7 Å². The van der Waals surface area contributed by atoms with Gasteiger partial charge in [-0.2, -0.15) is 17.8 Å². The number of ether oxygens (including phenoxy) is 1. The van der Waals surface area contributed by atoms with Crippen molar-refractivity contribution in [3.8, 4) is 5.69 Å². The van der Waals surface area contributed by atoms with E-state index in [4.69, 9.17) is 9.84 Å². The second-order valence-corrected chi connectivity index (χ2v) is 12.0. The fraction of sp³-hybridized carbons (Fsp3) is 0.269. The molecule has 0 spiro atoms. The smallest absolute Gasteiger partial charge is 0.422 e. The number of fused-ring (bicyclic) bond motifs is 1. The quantitative estimate of drug-likeness (QED) is 0.268. The minimum absolute atomic E-state index is 0.138. The Kier molecular flexibility index (Phi) is 7.65. The molecule has 0 atom stereocenters. The predicted octanol–water partition coefficient (Wildman–Crippen LogP) is 4.33. The molecule has 0 saturated heterocycles. The minimum Gasteiger partial charge on any atom is -0.444 e. The maximum Gasteiger partial charge on any atom is 0.422 e. The van der Waals surface area contributed by atoms with Crippen LogP contribution in [0.3, 0.4) is 0 Å². The van der Waals surface area contributed by atoms with E-state index in [1.165, 1.54) is 14.1 Å². The molecule has 4 N–H and O–H groups in total. The Balaban J connectivity index is 1.48. The van der Waals surface area contributed by atoms with Crippen molar-refractivity contribution in [2.75, 3.05) is 24.7 Å². The first kappa shape index (κ1) is 27.7. The number of benzene rings is 2. The summed E-state index contributed by atoms with van der Waals surface area (Å²) in [6.45, 7) is 5.94. The lowest BCUT2D eigenvalue weighted by molar-refractivity contribution is 0.145. The molecule has 0 saturated carbocycles. The highest BCUT2D eigenvalue weighted by atomic mass is 32.2. The van der Waals surface area contributed by atoms with Crippen molar-refractivity contribution in [1.82, 2.24) is 23.8 Å². The summed E-state index contributed by atoms with van der Waals surface area (Å²) in [6, 6.07) is 15.9. The first-order valence-electron chi connectivity index (χ1n) is 12.0. The first-order chi connectivity index (χ1) is 18.3. The van der Waals surface area contributed by atoms with Gasteiger partial charge in [0.2, 0.25) is 0 Å². The molecule has 4 rings (SSSR count). The number of carbonyl (C=O) groups is 2. The van der Waals surface area contributed by atoms with E-state index in [0.29, 0.717) is 22.8 Å². The molecule has 3 amide bonds. The van der Waals surface area contributed by atoms with Crippen molar-refractivity contribution < 1.29 is 22.7 Å². The van der Waals surface area contributed by atoms with E-state index < -0.39 is 22.3 Å². The Morgan fingerprint density at radius 1 is 1.03 bits per heavy atom. The summed E-state index contributed by atoms with van der Waals surface area (Å²) in [5, 5.41) is 11.4. The highest BCUT2D eigenvalue weighted by Gasteiger charge is 2.22. The lowest BCUT2D eigenvalue weighted by Crippen LogP contribution is -2.39. The van der Waals surface area contributed by atoms with Gasteiger partial charge in [0.25, 0.3) is 0 Å². The molecule has 4 aromatic rings. The molecule has 2 aromatic heterocycles. The molecular weight excluding hydrogens is 522 g/mol. The van der Waals surface area contributed by atoms with Crippen LogP contribution in [0, 0.1) is 0 Å². The Hall–Kier alpha value is -4.36. The predicted molar refractivity (Wildman–Crippen MR) is 149 cm³/mol. The van der Waals surface area contributed by atoms with E-state index in [2.05, 4.69) is 15.6 Å². The third kappa shape index (κ3) is 6.75. The zero-order valence-electron chi connectivity index (χ0n) is 22.3. The van der Waals surface area contributed by atoms with E-state index in [1.54, 1.807) is 33.7 Å². The van der Waals surface area contributed by atoms with Gasteiger partial charge in [-0.3, -0.25) is 5.32 Å². The summed E-state index contributed by atoms with van der Waals surface area (Å²) < 4.78 is 32.8. The van der Waals surface area contributed by atoms with E-state index in [0.717, 1.165) is 20.9 Å². The number of hydrogen-bond acceptors (Lipinski definition) is 6. The van der Waals surface area contributed by atoms with Crippen molar-refractivity contribution in [3.63, 3.8) is 0 Å². The number of H-pyrrole nitrogens is 1. The van der Waals surface area contributed by atoms with Crippen LogP contribution in [0.2, 0.25) is 0 Å². The molecule has 13 heteroatoms. The molecule has 39 heavy (non-hydrogen) atoms. The van der Waals surface area contributed by atoms with Crippen LogP contribution in [0.4, 0.5) is 21.1 Å². The van der Waals surface area contributed by atoms with Crippen LogP contribution >= 0.6 is 0 Å². The van der Waals surface area contributed by atoms with E-state index in [-0.39, 0.29) is 12.0 Å². The molecule has 0 aliphatic carbocycles. The molecule has 2 aromatic carbocycles. The van der Waals surface area contributed by atoms with Crippen molar-refractivity contribution in [3.05, 3.63) is 72.1 Å². The number of rotatable bonds is 7. The SMILES string of the molecule is CN(C)S(=O)(=O)NC(=O)OCc1ccc(-n2nc(C(C)(C)C)cc2NC(=O)Nc2ccc3[nH]ccc3c2)cc1. The van der Waals surface area contributed by atoms with Gasteiger partial charge < -0.3 is 15.0 Å². The molecule has 12 nitrogen and oxygen atoms in total. The Labute approximate surface area is 226 Å². The number of carbonyl (C=O) groups excluding carboxylic acids is 2. The first-order valence-corrected chi connectivity index (χ1v) is 13.5. The number of aromatic nitrogens is 3. The Morgan fingerprint density at radius 3 is 2.41 bits per heavy atom. The fourth-order valence-corrected chi connectivity index (χ4v) is 4.00. The van der Waals surface area contributed by atoms with Crippen LogP contribution in [-0.4, -0.2) is 53.7 Å². The monoisotopic (exact) mass is 553 g/mol. The van der Waals surface area contributed by atoms with Crippen LogP contribution < -0.4 is 15.4 Å². The largest absolute Gasteiger partial charge is 0.444 e. The summed E-state index contributed by atoms with van der Waals surface area (Å²) in [6.07, 6.45) is 0.755. The average molecular weight is 554 g/mol. The molecule has 0 radical (unpaired) electrons. The molecule has 0 aliphatic rings. The highest BCUT2D eigenvalue weighted by molar-refractivity contribution is 7.87. The van der Waals surface area contributed by atoms with Crippen LogP contribution in [0.1, 0.15) is 32.0 Å². The fourth-order valence-electron chi connectivity index (χ4n) is 3.55. The number of anilines is 2. The molecule has 0 bridgehead atoms. The van der Waals surface area contributed by atoms with Gasteiger partial charge in [0.15, 0.2) is 0 Å². The number of aromatic amines is 1. The number of nitrogens with zero attached hydrogens (tertiary/aromatic N) is 3. The topological polar surface area (TPSA) is 150 Å². The van der Waals surface area contributed by atoms with Crippen LogP contribution in [0.25, 0.3) is 16.6 Å². The van der Waals surface area contributed by atoms with Gasteiger partial charge in [-0.25, -0.2) is 19.0 Å². The summed E-state index contributed by atoms with van der Waals surface area (Å²) in [5.41, 5.74) is 3.42. The molecule has 2 heterocycles. The van der Waals surface area contributed by atoms with E-state index >= 15 is 0 Å². The zero-order chi connectivity index (χ0) is 28.4. The van der Waals surface area contributed by atoms with Crippen LogP contribution in [0.5, 0.6) is 0 Å². The highest BCUT2D eigenvalue weighted by Crippen LogP contribution is 2.27. The third-order valence-corrected chi connectivity index (χ3v) is 7.16. The standard InChI is InChI=1S/C26H31N7O5S/c1-26(2,3)22-15-23(29-24(34)28-19-8-11-21-18(14-19)12-13-27-21)33(30-22)20-9-6-17(7-10-20)16-38-25(35)31-39(36,37)32(4)5/h6-15,27H,16H2,1-5H3,(H,31,35)(H2,28,29,34).